The fraction of sp³-hybridized carbons (Fsp3) is 0.143. The predicted molar refractivity (Wildman–Crippen MR) is 546 cm³/mol. The molecular weight excluding hydrogens is 1810 g/mol. The molecule has 128 heavy (non-hydrogen) atoms. The Morgan fingerprint density at radius 3 is 0.359 bits per heavy atom. The molecule has 16 heteroatoms. The van der Waals surface area contributed by atoms with E-state index < -0.39 is 45.1 Å². The minimum absolute atomic E-state index is 0.358. The fourth-order valence-corrected chi connectivity index (χ4v) is 38.1. The molecule has 0 saturated heterocycles. The number of benzene rings is 16. The molecule has 0 heterocycles. The first-order valence-electron chi connectivity index (χ1n) is 43.6. The molecule has 0 saturated carbocycles. The molecule has 16 aromatic rings. The lowest BCUT2D eigenvalue weighted by molar-refractivity contribution is 0.521. The molecular formula is C112H98Cl8O4Si4. The van der Waals surface area contributed by atoms with Crippen LogP contribution in [0.5, 0.6) is 23.0 Å². The first-order chi connectivity index (χ1) is 62.5. The lowest BCUT2D eigenvalue weighted by atomic mass is 9.81. The van der Waals surface area contributed by atoms with Crippen molar-refractivity contribution in [3.63, 3.8) is 0 Å². The van der Waals surface area contributed by atoms with Gasteiger partial charge in [0.15, 0.2) is 0 Å². The van der Waals surface area contributed by atoms with E-state index in [1.165, 1.54) is 0 Å². The monoisotopic (exact) mass is 1900 g/mol. The van der Waals surface area contributed by atoms with Gasteiger partial charge in [-0.1, -0.05) is 457 Å². The summed E-state index contributed by atoms with van der Waals surface area (Å²) in [5.41, 5.74) is 17.1. The van der Waals surface area contributed by atoms with Gasteiger partial charge in [-0.15, -0.1) is 0 Å². The van der Waals surface area contributed by atoms with E-state index in [4.69, 9.17) is 111 Å². The van der Waals surface area contributed by atoms with Crippen molar-refractivity contribution in [1.82, 2.24) is 0 Å². The lowest BCUT2D eigenvalue weighted by Gasteiger charge is -2.35. The number of hydrogen-bond donors (Lipinski definition) is 0. The van der Waals surface area contributed by atoms with Gasteiger partial charge in [0.2, 0.25) is 0 Å². The highest BCUT2D eigenvalue weighted by Crippen LogP contribution is 2.50. The van der Waals surface area contributed by atoms with Crippen LogP contribution in [0.1, 0.15) is 114 Å². The van der Waals surface area contributed by atoms with Crippen molar-refractivity contribution in [3.05, 3.63) is 542 Å². The largest absolute Gasteiger partial charge is 0.540 e. The zero-order valence-electron chi connectivity index (χ0n) is 71.0. The maximum absolute atomic E-state index is 8.03. The third-order valence-electron chi connectivity index (χ3n) is 24.1. The minimum Gasteiger partial charge on any atom is -0.540 e. The zero-order chi connectivity index (χ0) is 88.1. The van der Waals surface area contributed by atoms with Crippen LogP contribution in [0.4, 0.5) is 0 Å². The van der Waals surface area contributed by atoms with Crippen molar-refractivity contribution in [2.75, 3.05) is 0 Å². The number of rotatable bonds is 39. The molecule has 0 radical (unpaired) electrons. The molecule has 0 fully saturated rings. The zero-order valence-corrected chi connectivity index (χ0v) is 81.0. The first kappa shape index (κ1) is 91.2. The Morgan fingerprint density at radius 1 is 0.156 bits per heavy atom. The highest BCUT2D eigenvalue weighted by atomic mass is 35.5. The van der Waals surface area contributed by atoms with Crippen molar-refractivity contribution in [2.45, 2.75) is 97.2 Å². The molecule has 0 aliphatic heterocycles. The van der Waals surface area contributed by atoms with E-state index in [1.807, 2.05) is 48.5 Å². The Balaban J connectivity index is 0.859. The molecule has 0 N–H and O–H groups in total. The highest BCUT2D eigenvalue weighted by Gasteiger charge is 2.45. The van der Waals surface area contributed by atoms with Crippen LogP contribution in [0.3, 0.4) is 0 Å². The van der Waals surface area contributed by atoms with Gasteiger partial charge in [-0.2, -0.15) is 0 Å². The Hall–Kier alpha value is -10.1. The van der Waals surface area contributed by atoms with E-state index in [9.17, 15) is 0 Å². The van der Waals surface area contributed by atoms with Gasteiger partial charge in [0.05, 0.1) is 40.2 Å². The average molecular weight is 1900 g/mol. The molecule has 0 atom stereocenters. The van der Waals surface area contributed by atoms with E-state index in [0.29, 0.717) is 149 Å². The second kappa shape index (κ2) is 43.5. The number of halogens is 8. The molecule has 0 bridgehead atoms. The summed E-state index contributed by atoms with van der Waals surface area (Å²) in [6, 6.07) is 151. The van der Waals surface area contributed by atoms with Crippen molar-refractivity contribution < 1.29 is 17.7 Å². The summed E-state index contributed by atoms with van der Waals surface area (Å²) in [6.45, 7) is 0. The topological polar surface area (TPSA) is 36.9 Å². The van der Waals surface area contributed by atoms with Crippen LogP contribution in [-0.4, -0.2) is 33.3 Å². The smallest absolute Gasteiger partial charge is 0.264 e. The van der Waals surface area contributed by atoms with E-state index in [-0.39, 0.29) is 0 Å². The van der Waals surface area contributed by atoms with Crippen molar-refractivity contribution in [3.8, 4) is 23.0 Å². The van der Waals surface area contributed by atoms with Gasteiger partial charge in [0.25, 0.3) is 33.3 Å². The van der Waals surface area contributed by atoms with Crippen molar-refractivity contribution >= 4 is 126 Å². The molecule has 0 spiro atoms. The third kappa shape index (κ3) is 24.3. The van der Waals surface area contributed by atoms with E-state index in [1.54, 1.807) is 0 Å². The molecule has 642 valence electrons. The van der Waals surface area contributed by atoms with Crippen LogP contribution in [0.15, 0.2) is 413 Å². The van der Waals surface area contributed by atoms with Crippen LogP contribution in [0.2, 0.25) is 40.2 Å². The average Bonchev–Trinajstić information content (AvgIpc) is 0.776. The maximum Gasteiger partial charge on any atom is 0.264 e. The second-order valence-corrected chi connectivity index (χ2v) is 51.8. The van der Waals surface area contributed by atoms with Crippen molar-refractivity contribution in [1.29, 1.82) is 0 Å². The molecule has 16 aromatic carbocycles. The molecule has 4 nitrogen and oxygen atoms in total. The van der Waals surface area contributed by atoms with Crippen LogP contribution in [0.25, 0.3) is 0 Å². The van der Waals surface area contributed by atoms with E-state index in [0.717, 1.165) is 89.0 Å². The number of hydrogen-bond acceptors (Lipinski definition) is 4. The Labute approximate surface area is 798 Å². The van der Waals surface area contributed by atoms with Gasteiger partial charge in [0, 0.05) is 84.4 Å². The lowest BCUT2D eigenvalue weighted by Crippen LogP contribution is -2.50. The summed E-state index contributed by atoms with van der Waals surface area (Å²) in [5.74, 6) is 0.616. The normalized spacial score (nSPS) is 11.9. The van der Waals surface area contributed by atoms with Crippen LogP contribution in [0, 0.1) is 0 Å². The van der Waals surface area contributed by atoms with Crippen LogP contribution >= 0.6 is 92.8 Å². The third-order valence-corrected chi connectivity index (χ3v) is 41.6. The Kier molecular flexibility index (Phi) is 31.0. The Morgan fingerprint density at radius 2 is 0.258 bits per heavy atom. The Bertz CT molecular complexity index is 4990. The summed E-state index contributed by atoms with van der Waals surface area (Å²) < 4.78 is 31.3. The van der Waals surface area contributed by atoms with Gasteiger partial charge >= 0.3 is 0 Å². The van der Waals surface area contributed by atoms with Crippen molar-refractivity contribution in [2.24, 2.45) is 0 Å². The molecule has 0 aromatic heterocycles. The molecule has 0 aliphatic carbocycles. The summed E-state index contributed by atoms with van der Waals surface area (Å²) in [7, 11) is -12.3. The summed E-state index contributed by atoms with van der Waals surface area (Å²) >= 11 is 64.2. The summed E-state index contributed by atoms with van der Waals surface area (Å²) in [4.78, 5) is 0. The fourth-order valence-electron chi connectivity index (χ4n) is 18.6. The predicted octanol–water partition coefficient (Wildman–Crippen LogP) is 31.3. The van der Waals surface area contributed by atoms with Crippen LogP contribution in [-0.2, 0) is 72.5 Å². The highest BCUT2D eigenvalue weighted by molar-refractivity contribution is 6.75. The summed E-state index contributed by atoms with van der Waals surface area (Å²) in [6.07, 6.45) is 0.828. The van der Waals surface area contributed by atoms with E-state index in [2.05, 4.69) is 364 Å². The minimum atomic E-state index is -3.08. The van der Waals surface area contributed by atoms with Gasteiger partial charge in [-0.25, -0.2) is 0 Å². The molecule has 0 unspecified atom stereocenters. The van der Waals surface area contributed by atoms with Gasteiger partial charge in [0.1, 0.15) is 23.0 Å². The van der Waals surface area contributed by atoms with Gasteiger partial charge < -0.3 is 17.7 Å². The van der Waals surface area contributed by atoms with E-state index >= 15 is 0 Å². The standard InChI is InChI=1S/C112H98Cl8O4Si4/c113-101-63-95(64-102(114)109(101)121-125(71-83-37-13-1-14-38-83,72-84-39-15-2-16-40-84)73-85-41-17-3-18-42-85)99(96-65-103(115)110(104(116)66-96)122-126(74-86-43-19-4-20-44-86,75-87-45-21-5-22-46-87)76-88-47-23-6-24-48-88)61-62-100(97-67-105(117)111(106(118)68-97)123-127(77-89-49-25-7-26-50-89,78-90-51-27-8-28-52-90)79-91-53-29-9-30-54-91)98-69-107(119)112(108(120)70-98)124-128(80-92-55-31-10-32-56-92,81-93-57-33-11-34-58-93)82-94-59-35-12-36-60-94/h1-60,63-70,99-100H,61-62,71-82H2. The van der Waals surface area contributed by atoms with Crippen LogP contribution < -0.4 is 17.7 Å². The van der Waals surface area contributed by atoms with Gasteiger partial charge in [-0.3, -0.25) is 0 Å². The molecule has 0 amide bonds. The SMILES string of the molecule is Clc1cc(C(CCC(c2cc(Cl)c(O[Si](Cc3ccccc3)(Cc3ccccc3)Cc3ccccc3)c(Cl)c2)c2cc(Cl)c(O[Si](Cc3ccccc3)(Cc3ccccc3)Cc3ccccc3)c(Cl)c2)c2cc(Cl)c(O[Si](Cc3ccccc3)(Cc3ccccc3)Cc3ccccc3)c(Cl)c2)cc(Cl)c1O[Si](Cc1ccccc1)(Cc1ccccc1)Cc1ccccc1. The molecule has 16 rings (SSSR count). The quantitative estimate of drug-likeness (QED) is 0.0360. The first-order valence-corrected chi connectivity index (χ1v) is 56.8. The maximum atomic E-state index is 8.03. The summed E-state index contributed by atoms with van der Waals surface area (Å²) in [5, 5.41) is 2.87. The second-order valence-electron chi connectivity index (χ2n) is 34.0. The molecule has 0 aliphatic rings. The van der Waals surface area contributed by atoms with Gasteiger partial charge in [-0.05, 0) is 150 Å².